The highest BCUT2D eigenvalue weighted by Crippen LogP contribution is 2.06. The molecule has 0 aliphatic carbocycles. The number of aromatic amines is 1. The zero-order valence-corrected chi connectivity index (χ0v) is 10.8. The molecule has 2 aromatic rings. The van der Waals surface area contributed by atoms with Crippen molar-refractivity contribution in [2.75, 3.05) is 6.54 Å². The molecule has 104 valence electrons. The quantitative estimate of drug-likeness (QED) is 0.715. The van der Waals surface area contributed by atoms with E-state index in [4.69, 9.17) is 5.11 Å². The lowest BCUT2D eigenvalue weighted by Crippen LogP contribution is -2.27. The van der Waals surface area contributed by atoms with Crippen molar-refractivity contribution in [1.29, 1.82) is 0 Å². The fourth-order valence-corrected chi connectivity index (χ4v) is 1.65. The summed E-state index contributed by atoms with van der Waals surface area (Å²) in [6.45, 7) is 1.93. The van der Waals surface area contributed by atoms with Crippen molar-refractivity contribution < 1.29 is 14.7 Å². The van der Waals surface area contributed by atoms with Crippen LogP contribution in [0.4, 0.5) is 0 Å². The SMILES string of the molecule is Cc1nc(C(=O)NCCc2ncn[nH]2)ccc1C(=O)O. The largest absolute Gasteiger partial charge is 0.478 e. The summed E-state index contributed by atoms with van der Waals surface area (Å²) >= 11 is 0. The van der Waals surface area contributed by atoms with Crippen LogP contribution in [0.1, 0.15) is 32.4 Å². The van der Waals surface area contributed by atoms with Gasteiger partial charge in [-0.1, -0.05) is 0 Å². The molecule has 0 radical (unpaired) electrons. The molecule has 0 fully saturated rings. The van der Waals surface area contributed by atoms with Gasteiger partial charge in [0.15, 0.2) is 0 Å². The number of aromatic nitrogens is 4. The minimum absolute atomic E-state index is 0.0863. The van der Waals surface area contributed by atoms with E-state index in [0.717, 1.165) is 0 Å². The Hall–Kier alpha value is -2.77. The first-order valence-corrected chi connectivity index (χ1v) is 5.91. The molecule has 0 aromatic carbocycles. The lowest BCUT2D eigenvalue weighted by molar-refractivity contribution is 0.0694. The van der Waals surface area contributed by atoms with E-state index in [2.05, 4.69) is 25.5 Å². The van der Waals surface area contributed by atoms with Crippen molar-refractivity contribution in [1.82, 2.24) is 25.5 Å². The van der Waals surface area contributed by atoms with E-state index >= 15 is 0 Å². The van der Waals surface area contributed by atoms with Crippen molar-refractivity contribution in [2.45, 2.75) is 13.3 Å². The molecule has 2 aromatic heterocycles. The number of nitrogens with one attached hydrogen (secondary N) is 2. The molecule has 8 nitrogen and oxygen atoms in total. The predicted molar refractivity (Wildman–Crippen MR) is 68.4 cm³/mol. The van der Waals surface area contributed by atoms with Gasteiger partial charge < -0.3 is 10.4 Å². The van der Waals surface area contributed by atoms with Crippen LogP contribution in [0.3, 0.4) is 0 Å². The Balaban J connectivity index is 1.95. The van der Waals surface area contributed by atoms with Crippen LogP contribution in [0.15, 0.2) is 18.5 Å². The minimum atomic E-state index is -1.06. The molecule has 3 N–H and O–H groups in total. The number of carbonyl (C=O) groups excluding carboxylic acids is 1. The molecule has 0 aliphatic rings. The third-order valence-corrected chi connectivity index (χ3v) is 2.66. The minimum Gasteiger partial charge on any atom is -0.478 e. The lowest BCUT2D eigenvalue weighted by atomic mass is 10.2. The number of carboxylic acid groups (broad SMARTS) is 1. The van der Waals surface area contributed by atoms with Gasteiger partial charge in [-0.05, 0) is 19.1 Å². The van der Waals surface area contributed by atoms with Crippen LogP contribution in [-0.2, 0) is 6.42 Å². The summed E-state index contributed by atoms with van der Waals surface area (Å²) < 4.78 is 0. The van der Waals surface area contributed by atoms with Gasteiger partial charge in [0, 0.05) is 13.0 Å². The Morgan fingerprint density at radius 1 is 1.40 bits per heavy atom. The first-order chi connectivity index (χ1) is 9.58. The summed E-state index contributed by atoms with van der Waals surface area (Å²) in [6.07, 6.45) is 1.92. The van der Waals surface area contributed by atoms with E-state index in [0.29, 0.717) is 24.5 Å². The van der Waals surface area contributed by atoms with Gasteiger partial charge in [-0.3, -0.25) is 9.89 Å². The van der Waals surface area contributed by atoms with Gasteiger partial charge >= 0.3 is 5.97 Å². The van der Waals surface area contributed by atoms with E-state index < -0.39 is 5.97 Å². The fourth-order valence-electron chi connectivity index (χ4n) is 1.65. The Morgan fingerprint density at radius 2 is 2.20 bits per heavy atom. The van der Waals surface area contributed by atoms with Crippen molar-refractivity contribution >= 4 is 11.9 Å². The first kappa shape index (κ1) is 13.7. The normalized spacial score (nSPS) is 10.2. The zero-order chi connectivity index (χ0) is 14.5. The number of aryl methyl sites for hydroxylation is 1. The van der Waals surface area contributed by atoms with Crippen LogP contribution >= 0.6 is 0 Å². The predicted octanol–water partition coefficient (Wildman–Crippen LogP) is 0.179. The summed E-state index contributed by atoms with van der Waals surface area (Å²) in [5.74, 6) is -0.743. The van der Waals surface area contributed by atoms with Crippen LogP contribution in [0.2, 0.25) is 0 Å². The molecule has 0 spiro atoms. The fraction of sp³-hybridized carbons (Fsp3) is 0.250. The summed E-state index contributed by atoms with van der Waals surface area (Å²) in [5, 5.41) is 17.9. The third kappa shape index (κ3) is 3.16. The monoisotopic (exact) mass is 275 g/mol. The molecule has 0 bridgehead atoms. The topological polar surface area (TPSA) is 121 Å². The highest BCUT2D eigenvalue weighted by Gasteiger charge is 2.12. The third-order valence-electron chi connectivity index (χ3n) is 2.66. The van der Waals surface area contributed by atoms with Crippen molar-refractivity contribution in [3.8, 4) is 0 Å². The Labute approximate surface area is 114 Å². The van der Waals surface area contributed by atoms with E-state index in [1.165, 1.54) is 18.5 Å². The first-order valence-electron chi connectivity index (χ1n) is 5.91. The number of hydrogen-bond acceptors (Lipinski definition) is 5. The average molecular weight is 275 g/mol. The number of carboxylic acids is 1. The Kier molecular flexibility index (Phi) is 4.04. The van der Waals surface area contributed by atoms with E-state index in [1.54, 1.807) is 6.92 Å². The highest BCUT2D eigenvalue weighted by atomic mass is 16.4. The molecule has 0 aliphatic heterocycles. The highest BCUT2D eigenvalue weighted by molar-refractivity contribution is 5.94. The smallest absolute Gasteiger partial charge is 0.337 e. The van der Waals surface area contributed by atoms with Crippen LogP contribution in [0.25, 0.3) is 0 Å². The molecular formula is C12H13N5O3. The number of amides is 1. The maximum Gasteiger partial charge on any atom is 0.337 e. The molecule has 1 amide bonds. The molecule has 0 unspecified atom stereocenters. The van der Waals surface area contributed by atoms with Gasteiger partial charge in [0.2, 0.25) is 0 Å². The van der Waals surface area contributed by atoms with Crippen LogP contribution in [0.5, 0.6) is 0 Å². The second-order valence-corrected chi connectivity index (χ2v) is 4.07. The van der Waals surface area contributed by atoms with Crippen molar-refractivity contribution in [3.05, 3.63) is 41.2 Å². The summed E-state index contributed by atoms with van der Waals surface area (Å²) in [7, 11) is 0. The molecule has 20 heavy (non-hydrogen) atoms. The molecule has 8 heteroatoms. The number of rotatable bonds is 5. The number of pyridine rings is 1. The van der Waals surface area contributed by atoms with Gasteiger partial charge in [0.25, 0.3) is 5.91 Å². The van der Waals surface area contributed by atoms with Gasteiger partial charge in [-0.15, -0.1) is 0 Å². The molecule has 0 saturated carbocycles. The molecule has 2 heterocycles. The van der Waals surface area contributed by atoms with Crippen LogP contribution in [-0.4, -0.2) is 43.7 Å². The van der Waals surface area contributed by atoms with Crippen molar-refractivity contribution in [3.63, 3.8) is 0 Å². The molecule has 0 saturated heterocycles. The van der Waals surface area contributed by atoms with E-state index in [1.807, 2.05) is 0 Å². The number of hydrogen-bond donors (Lipinski definition) is 3. The number of nitrogens with zero attached hydrogens (tertiary/aromatic N) is 3. The maximum atomic E-state index is 11.8. The summed E-state index contributed by atoms with van der Waals surface area (Å²) in [4.78, 5) is 30.6. The Morgan fingerprint density at radius 3 is 2.80 bits per heavy atom. The van der Waals surface area contributed by atoms with Gasteiger partial charge in [-0.25, -0.2) is 14.8 Å². The standard InChI is InChI=1S/C12H13N5O3/c1-7-8(12(19)20)2-3-9(16-7)11(18)13-5-4-10-14-6-15-17-10/h2-3,6H,4-5H2,1H3,(H,13,18)(H,19,20)(H,14,15,17). The number of carbonyl (C=O) groups is 2. The lowest BCUT2D eigenvalue weighted by Gasteiger charge is -2.05. The van der Waals surface area contributed by atoms with E-state index in [-0.39, 0.29) is 17.2 Å². The van der Waals surface area contributed by atoms with Gasteiger partial charge in [0.05, 0.1) is 11.3 Å². The Bertz CT molecular complexity index is 624. The maximum absolute atomic E-state index is 11.8. The molecule has 0 atom stereocenters. The molecule has 2 rings (SSSR count). The van der Waals surface area contributed by atoms with E-state index in [9.17, 15) is 9.59 Å². The van der Waals surface area contributed by atoms with Crippen molar-refractivity contribution in [2.24, 2.45) is 0 Å². The molecular weight excluding hydrogens is 262 g/mol. The summed E-state index contributed by atoms with van der Waals surface area (Å²) in [5.41, 5.74) is 0.577. The van der Waals surface area contributed by atoms with Crippen LogP contribution in [0, 0.1) is 6.92 Å². The summed E-state index contributed by atoms with van der Waals surface area (Å²) in [6, 6.07) is 2.76. The second-order valence-electron chi connectivity index (χ2n) is 4.07. The zero-order valence-electron chi connectivity index (χ0n) is 10.8. The number of aromatic carboxylic acids is 1. The van der Waals surface area contributed by atoms with Gasteiger partial charge in [-0.2, -0.15) is 5.10 Å². The van der Waals surface area contributed by atoms with Gasteiger partial charge in [0.1, 0.15) is 17.8 Å². The average Bonchev–Trinajstić information content (AvgIpc) is 2.91. The van der Waals surface area contributed by atoms with Crippen LogP contribution < -0.4 is 5.32 Å². The second kappa shape index (κ2) is 5.91. The number of H-pyrrole nitrogens is 1.